The fourth-order valence-corrected chi connectivity index (χ4v) is 1.39. The Balaban J connectivity index is 2.32. The minimum absolute atomic E-state index is 0.0105. The van der Waals surface area contributed by atoms with Crippen LogP contribution in [0.1, 0.15) is 17.2 Å². The lowest BCUT2D eigenvalue weighted by Crippen LogP contribution is -1.96. The quantitative estimate of drug-likeness (QED) is 0.762. The van der Waals surface area contributed by atoms with Crippen LogP contribution in [-0.2, 0) is 0 Å². The normalized spacial score (nSPS) is 11.2. The average Bonchev–Trinajstić information content (AvgIpc) is 2.58. The number of phenols is 2. The predicted molar refractivity (Wildman–Crippen MR) is 62.3 cm³/mol. The summed E-state index contributed by atoms with van der Waals surface area (Å²) in [6, 6.07) is 4.31. The molecule has 1 aromatic carbocycles. The lowest BCUT2D eigenvalue weighted by Gasteiger charge is -2.00. The third-order valence-corrected chi connectivity index (χ3v) is 2.28. The lowest BCUT2D eigenvalue weighted by atomic mass is 10.2. The van der Waals surface area contributed by atoms with Crippen LogP contribution in [0.2, 0.25) is 0 Å². The van der Waals surface area contributed by atoms with Crippen molar-refractivity contribution in [2.24, 2.45) is 5.10 Å². The van der Waals surface area contributed by atoms with Crippen molar-refractivity contribution in [3.05, 3.63) is 35.4 Å². The van der Waals surface area contributed by atoms with Gasteiger partial charge in [-0.1, -0.05) is 0 Å². The number of rotatable bonds is 2. The summed E-state index contributed by atoms with van der Waals surface area (Å²) in [5.41, 5.74) is 0.510. The summed E-state index contributed by atoms with van der Waals surface area (Å²) in [7, 11) is 0. The highest BCUT2D eigenvalue weighted by molar-refractivity contribution is 5.83. The summed E-state index contributed by atoms with van der Waals surface area (Å²) in [6.07, 6.45) is 1.48. The molecule has 6 heteroatoms. The highest BCUT2D eigenvalue weighted by Gasteiger charge is 2.03. The van der Waals surface area contributed by atoms with Gasteiger partial charge in [0.15, 0.2) is 11.6 Å². The number of benzene rings is 1. The van der Waals surface area contributed by atoms with Crippen molar-refractivity contribution in [3.63, 3.8) is 0 Å². The van der Waals surface area contributed by atoms with Crippen LogP contribution < -0.4 is 0 Å². The van der Waals surface area contributed by atoms with Crippen LogP contribution in [0.15, 0.2) is 23.3 Å². The zero-order valence-electron chi connectivity index (χ0n) is 9.49. The van der Waals surface area contributed by atoms with E-state index in [4.69, 9.17) is 5.11 Å². The van der Waals surface area contributed by atoms with E-state index in [1.807, 2.05) is 0 Å². The molecule has 0 saturated heterocycles. The Morgan fingerprint density at radius 2 is 1.82 bits per heavy atom. The first-order valence-electron chi connectivity index (χ1n) is 5.03. The molecule has 0 aliphatic heterocycles. The molecule has 2 N–H and O–H groups in total. The van der Waals surface area contributed by atoms with Crippen molar-refractivity contribution in [3.8, 4) is 11.5 Å². The van der Waals surface area contributed by atoms with Crippen LogP contribution in [0.5, 0.6) is 11.5 Å². The van der Waals surface area contributed by atoms with Crippen molar-refractivity contribution < 1.29 is 10.2 Å². The molecule has 88 valence electrons. The van der Waals surface area contributed by atoms with E-state index in [1.165, 1.54) is 18.3 Å². The Labute approximate surface area is 97.9 Å². The Hall–Kier alpha value is -2.37. The molecule has 0 fully saturated rings. The minimum atomic E-state index is -0.0304. The summed E-state index contributed by atoms with van der Waals surface area (Å²) in [5.74, 6) is 1.31. The van der Waals surface area contributed by atoms with Crippen molar-refractivity contribution in [2.45, 2.75) is 13.8 Å². The zero-order valence-corrected chi connectivity index (χ0v) is 9.49. The SMILES string of the molecule is Cc1nnc(C)n1/N=C/c1ccc(O)cc1O. The molecule has 17 heavy (non-hydrogen) atoms. The van der Waals surface area contributed by atoms with E-state index in [0.29, 0.717) is 17.2 Å². The molecule has 1 aromatic heterocycles. The average molecular weight is 232 g/mol. The standard InChI is InChI=1S/C11H12N4O2/c1-7-13-14-8(2)15(7)12-6-9-3-4-10(16)5-11(9)17/h3-6,16-17H,1-2H3/b12-6+. The molecular weight excluding hydrogens is 220 g/mol. The van der Waals surface area contributed by atoms with Crippen LogP contribution in [0, 0.1) is 13.8 Å². The van der Waals surface area contributed by atoms with E-state index in [9.17, 15) is 5.11 Å². The van der Waals surface area contributed by atoms with Crippen molar-refractivity contribution in [1.82, 2.24) is 14.9 Å². The molecule has 0 aliphatic carbocycles. The molecule has 1 heterocycles. The lowest BCUT2D eigenvalue weighted by molar-refractivity contribution is 0.450. The smallest absolute Gasteiger partial charge is 0.151 e. The molecule has 2 rings (SSSR count). The number of aromatic hydroxyl groups is 2. The number of phenolic OH excluding ortho intramolecular Hbond substituents is 2. The summed E-state index contributed by atoms with van der Waals surface area (Å²) in [5, 5.41) is 30.6. The molecule has 0 bridgehead atoms. The molecule has 2 aromatic rings. The molecule has 0 radical (unpaired) electrons. The maximum atomic E-state index is 9.57. The first kappa shape index (κ1) is 11.1. The fourth-order valence-electron chi connectivity index (χ4n) is 1.39. The van der Waals surface area contributed by atoms with Crippen LogP contribution in [0.25, 0.3) is 0 Å². The van der Waals surface area contributed by atoms with Crippen LogP contribution in [0.4, 0.5) is 0 Å². The summed E-state index contributed by atoms with van der Waals surface area (Å²) in [6.45, 7) is 3.57. The van der Waals surface area contributed by atoms with Gasteiger partial charge in [0.05, 0.1) is 6.21 Å². The molecular formula is C11H12N4O2. The van der Waals surface area contributed by atoms with Gasteiger partial charge in [0, 0.05) is 11.6 Å². The predicted octanol–water partition coefficient (Wildman–Crippen LogP) is 1.19. The van der Waals surface area contributed by atoms with E-state index < -0.39 is 0 Å². The minimum Gasteiger partial charge on any atom is -0.508 e. The second-order valence-corrected chi connectivity index (χ2v) is 3.59. The van der Waals surface area contributed by atoms with Gasteiger partial charge < -0.3 is 10.2 Å². The first-order chi connectivity index (χ1) is 8.08. The highest BCUT2D eigenvalue weighted by atomic mass is 16.3. The summed E-state index contributed by atoms with van der Waals surface area (Å²) >= 11 is 0. The monoisotopic (exact) mass is 232 g/mol. The Morgan fingerprint density at radius 3 is 2.41 bits per heavy atom. The van der Waals surface area contributed by atoms with Gasteiger partial charge in [0.2, 0.25) is 0 Å². The highest BCUT2D eigenvalue weighted by Crippen LogP contribution is 2.20. The molecule has 0 unspecified atom stereocenters. The number of nitrogens with zero attached hydrogens (tertiary/aromatic N) is 4. The number of aryl methyl sites for hydroxylation is 2. The molecule has 0 aliphatic rings. The topological polar surface area (TPSA) is 83.5 Å². The second-order valence-electron chi connectivity index (χ2n) is 3.59. The molecule has 6 nitrogen and oxygen atoms in total. The van der Waals surface area contributed by atoms with E-state index in [2.05, 4.69) is 15.3 Å². The Morgan fingerprint density at radius 1 is 1.18 bits per heavy atom. The van der Waals surface area contributed by atoms with Gasteiger partial charge in [-0.3, -0.25) is 0 Å². The van der Waals surface area contributed by atoms with Crippen LogP contribution >= 0.6 is 0 Å². The van der Waals surface area contributed by atoms with Gasteiger partial charge in [-0.2, -0.15) is 5.10 Å². The van der Waals surface area contributed by atoms with Crippen LogP contribution in [0.3, 0.4) is 0 Å². The first-order valence-corrected chi connectivity index (χ1v) is 5.03. The van der Waals surface area contributed by atoms with Crippen molar-refractivity contribution >= 4 is 6.21 Å². The van der Waals surface area contributed by atoms with Gasteiger partial charge in [-0.15, -0.1) is 10.2 Å². The van der Waals surface area contributed by atoms with Crippen LogP contribution in [-0.4, -0.2) is 31.3 Å². The molecule has 0 saturated carbocycles. The van der Waals surface area contributed by atoms with E-state index in [1.54, 1.807) is 24.6 Å². The van der Waals surface area contributed by atoms with E-state index in [-0.39, 0.29) is 11.5 Å². The fraction of sp³-hybridized carbons (Fsp3) is 0.182. The molecule has 0 atom stereocenters. The van der Waals surface area contributed by atoms with Gasteiger partial charge >= 0.3 is 0 Å². The maximum Gasteiger partial charge on any atom is 0.151 e. The third kappa shape index (κ3) is 2.25. The van der Waals surface area contributed by atoms with Crippen molar-refractivity contribution in [1.29, 1.82) is 0 Å². The maximum absolute atomic E-state index is 9.57. The summed E-state index contributed by atoms with van der Waals surface area (Å²) in [4.78, 5) is 0. The number of hydrogen-bond acceptors (Lipinski definition) is 5. The zero-order chi connectivity index (χ0) is 12.4. The second kappa shape index (κ2) is 4.25. The Kier molecular flexibility index (Phi) is 2.78. The third-order valence-electron chi connectivity index (χ3n) is 2.28. The number of aromatic nitrogens is 3. The van der Waals surface area contributed by atoms with Gasteiger partial charge in [-0.25, -0.2) is 4.68 Å². The van der Waals surface area contributed by atoms with Gasteiger partial charge in [0.25, 0.3) is 0 Å². The van der Waals surface area contributed by atoms with E-state index in [0.717, 1.165) is 0 Å². The van der Waals surface area contributed by atoms with Gasteiger partial charge in [-0.05, 0) is 26.0 Å². The Bertz CT molecular complexity index is 555. The number of hydrogen-bond donors (Lipinski definition) is 2. The summed E-state index contributed by atoms with van der Waals surface area (Å²) < 4.78 is 1.56. The van der Waals surface area contributed by atoms with E-state index >= 15 is 0 Å². The molecule has 0 amide bonds. The largest absolute Gasteiger partial charge is 0.508 e. The van der Waals surface area contributed by atoms with Crippen molar-refractivity contribution in [2.75, 3.05) is 0 Å². The van der Waals surface area contributed by atoms with Gasteiger partial charge in [0.1, 0.15) is 11.5 Å². The molecule has 0 spiro atoms.